The summed E-state index contributed by atoms with van der Waals surface area (Å²) in [5.41, 5.74) is 5.93. The van der Waals surface area contributed by atoms with Gasteiger partial charge < -0.3 is 0 Å². The lowest BCUT2D eigenvalue weighted by Crippen LogP contribution is -1.95. The van der Waals surface area contributed by atoms with E-state index in [0.29, 0.717) is 0 Å². The molecule has 1 heteroatoms. The van der Waals surface area contributed by atoms with Gasteiger partial charge in [-0.15, -0.1) is 0 Å². The monoisotopic (exact) mass is 356 g/mol. The van der Waals surface area contributed by atoms with Crippen LogP contribution >= 0.6 is 0 Å². The fourth-order valence-electron chi connectivity index (χ4n) is 4.49. The molecule has 6 rings (SSSR count). The van der Waals surface area contributed by atoms with Gasteiger partial charge in [0.25, 0.3) is 0 Å². The summed E-state index contributed by atoms with van der Waals surface area (Å²) >= 11 is 0. The molecule has 0 N–H and O–H groups in total. The minimum absolute atomic E-state index is 0.123. The van der Waals surface area contributed by atoms with Crippen molar-refractivity contribution in [2.24, 2.45) is 0 Å². The number of hydrogen-bond acceptors (Lipinski definition) is 1. The number of carbonyl (C=O) groups is 1. The molecule has 5 aromatic carbocycles. The summed E-state index contributed by atoms with van der Waals surface area (Å²) in [5, 5.41) is 4.95. The molecule has 130 valence electrons. The first-order valence-corrected chi connectivity index (χ1v) is 9.50. The lowest BCUT2D eigenvalue weighted by Gasteiger charge is -2.11. The van der Waals surface area contributed by atoms with Crippen LogP contribution in [0.2, 0.25) is 0 Å². The van der Waals surface area contributed by atoms with Crippen molar-refractivity contribution in [2.45, 2.75) is 0 Å². The van der Waals surface area contributed by atoms with Crippen molar-refractivity contribution in [2.75, 3.05) is 0 Å². The Morgan fingerprint density at radius 1 is 0.429 bits per heavy atom. The predicted molar refractivity (Wildman–Crippen MR) is 116 cm³/mol. The van der Waals surface area contributed by atoms with Crippen LogP contribution in [0.5, 0.6) is 0 Å². The van der Waals surface area contributed by atoms with E-state index in [1.165, 1.54) is 21.5 Å². The Hall–Kier alpha value is -3.71. The highest BCUT2D eigenvalue weighted by atomic mass is 16.1. The summed E-state index contributed by atoms with van der Waals surface area (Å²) in [6, 6.07) is 33.4. The summed E-state index contributed by atoms with van der Waals surface area (Å²) < 4.78 is 0. The number of hydrogen-bond donors (Lipinski definition) is 0. The maximum Gasteiger partial charge on any atom is 0.194 e. The van der Waals surface area contributed by atoms with Crippen LogP contribution < -0.4 is 0 Å². The number of carbonyl (C=O) groups excluding carboxylic acids is 1. The quantitative estimate of drug-likeness (QED) is 0.294. The second-order valence-electron chi connectivity index (χ2n) is 7.32. The van der Waals surface area contributed by atoms with Crippen LogP contribution in [0, 0.1) is 0 Å². The fraction of sp³-hybridized carbons (Fsp3) is 0. The predicted octanol–water partition coefficient (Wildman–Crippen LogP) is 6.87. The van der Waals surface area contributed by atoms with Crippen molar-refractivity contribution < 1.29 is 4.79 Å². The van der Waals surface area contributed by atoms with E-state index in [4.69, 9.17) is 0 Å². The van der Waals surface area contributed by atoms with Gasteiger partial charge >= 0.3 is 0 Å². The maximum atomic E-state index is 12.9. The number of rotatable bonds is 1. The van der Waals surface area contributed by atoms with Crippen LogP contribution in [0.15, 0.2) is 97.1 Å². The lowest BCUT2D eigenvalue weighted by molar-refractivity contribution is 0.104. The molecule has 0 saturated carbocycles. The molecule has 1 nitrogen and oxygen atoms in total. The van der Waals surface area contributed by atoms with Gasteiger partial charge in [-0.25, -0.2) is 0 Å². The zero-order valence-electron chi connectivity index (χ0n) is 15.1. The minimum atomic E-state index is 0.123. The second kappa shape index (κ2) is 5.64. The van der Waals surface area contributed by atoms with Gasteiger partial charge in [-0.1, -0.05) is 91.0 Å². The largest absolute Gasteiger partial charge is 0.289 e. The van der Waals surface area contributed by atoms with Gasteiger partial charge in [-0.3, -0.25) is 4.79 Å². The molecule has 0 heterocycles. The van der Waals surface area contributed by atoms with Gasteiger partial charge in [0, 0.05) is 11.1 Å². The van der Waals surface area contributed by atoms with E-state index in [1.807, 2.05) is 24.3 Å². The third-order valence-corrected chi connectivity index (χ3v) is 5.82. The van der Waals surface area contributed by atoms with Gasteiger partial charge in [0.15, 0.2) is 5.78 Å². The zero-order valence-corrected chi connectivity index (χ0v) is 15.1. The maximum absolute atomic E-state index is 12.9. The van der Waals surface area contributed by atoms with E-state index in [0.717, 1.165) is 33.4 Å². The average molecular weight is 356 g/mol. The van der Waals surface area contributed by atoms with Crippen LogP contribution in [0.4, 0.5) is 0 Å². The van der Waals surface area contributed by atoms with E-state index in [2.05, 4.69) is 72.8 Å². The first-order valence-electron chi connectivity index (χ1n) is 9.50. The molecular weight excluding hydrogens is 340 g/mol. The summed E-state index contributed by atoms with van der Waals surface area (Å²) in [6.45, 7) is 0. The highest BCUT2D eigenvalue weighted by Gasteiger charge is 2.26. The van der Waals surface area contributed by atoms with Gasteiger partial charge in [0.1, 0.15) is 0 Å². The molecular formula is C27H16O. The number of benzene rings is 5. The Balaban J connectivity index is 1.60. The molecule has 0 radical (unpaired) electrons. The van der Waals surface area contributed by atoms with Crippen LogP contribution in [-0.4, -0.2) is 5.78 Å². The molecule has 0 saturated heterocycles. The van der Waals surface area contributed by atoms with Crippen molar-refractivity contribution >= 4 is 27.3 Å². The second-order valence-corrected chi connectivity index (χ2v) is 7.32. The average Bonchev–Trinajstić information content (AvgIpc) is 3.05. The molecule has 0 unspecified atom stereocenters. The van der Waals surface area contributed by atoms with Crippen molar-refractivity contribution in [3.8, 4) is 22.3 Å². The summed E-state index contributed by atoms with van der Waals surface area (Å²) in [4.78, 5) is 12.9. The molecule has 0 amide bonds. The van der Waals surface area contributed by atoms with Crippen molar-refractivity contribution in [3.63, 3.8) is 0 Å². The Kier molecular flexibility index (Phi) is 3.09. The smallest absolute Gasteiger partial charge is 0.194 e. The summed E-state index contributed by atoms with van der Waals surface area (Å²) in [6.07, 6.45) is 0. The standard InChI is InChI=1S/C27H16O/c28-27-25-9-4-3-8-22(25)24-15-13-18(16-26(24)27)20-10-5-11-21-19-7-2-1-6-17(19)12-14-23(20)21/h1-16H. The fourth-order valence-corrected chi connectivity index (χ4v) is 4.49. The Labute approximate surface area is 162 Å². The van der Waals surface area contributed by atoms with Crippen molar-refractivity contribution in [3.05, 3.63) is 108 Å². The van der Waals surface area contributed by atoms with E-state index >= 15 is 0 Å². The van der Waals surface area contributed by atoms with Gasteiger partial charge in [0.2, 0.25) is 0 Å². The van der Waals surface area contributed by atoms with Gasteiger partial charge in [-0.2, -0.15) is 0 Å². The van der Waals surface area contributed by atoms with Gasteiger partial charge in [0.05, 0.1) is 0 Å². The highest BCUT2D eigenvalue weighted by molar-refractivity contribution is 6.22. The first kappa shape index (κ1) is 15.4. The van der Waals surface area contributed by atoms with Crippen LogP contribution in [-0.2, 0) is 0 Å². The molecule has 1 aliphatic rings. The number of ketones is 1. The SMILES string of the molecule is O=C1c2ccccc2-c2ccc(-c3cccc4c3ccc3ccccc34)cc21. The Morgan fingerprint density at radius 2 is 1.14 bits per heavy atom. The molecule has 0 spiro atoms. The zero-order chi connectivity index (χ0) is 18.7. The van der Waals surface area contributed by atoms with E-state index < -0.39 is 0 Å². The molecule has 28 heavy (non-hydrogen) atoms. The van der Waals surface area contributed by atoms with Crippen molar-refractivity contribution in [1.29, 1.82) is 0 Å². The van der Waals surface area contributed by atoms with Crippen LogP contribution in [0.3, 0.4) is 0 Å². The molecule has 0 aromatic heterocycles. The van der Waals surface area contributed by atoms with E-state index in [1.54, 1.807) is 0 Å². The van der Waals surface area contributed by atoms with E-state index in [-0.39, 0.29) is 5.78 Å². The molecule has 0 atom stereocenters. The molecule has 1 aliphatic carbocycles. The minimum Gasteiger partial charge on any atom is -0.289 e. The molecule has 0 fully saturated rings. The highest BCUT2D eigenvalue weighted by Crippen LogP contribution is 2.40. The molecule has 5 aromatic rings. The molecule has 0 bridgehead atoms. The Bertz CT molecular complexity index is 1430. The first-order chi connectivity index (χ1) is 13.8. The summed E-state index contributed by atoms with van der Waals surface area (Å²) in [7, 11) is 0. The van der Waals surface area contributed by atoms with Crippen LogP contribution in [0.1, 0.15) is 15.9 Å². The Morgan fingerprint density at radius 3 is 2.07 bits per heavy atom. The lowest BCUT2D eigenvalue weighted by atomic mass is 9.93. The normalized spacial score (nSPS) is 12.4. The topological polar surface area (TPSA) is 17.1 Å². The third kappa shape index (κ3) is 2.04. The van der Waals surface area contributed by atoms with Crippen LogP contribution in [0.25, 0.3) is 43.8 Å². The van der Waals surface area contributed by atoms with Crippen molar-refractivity contribution in [1.82, 2.24) is 0 Å². The van der Waals surface area contributed by atoms with Gasteiger partial charge in [-0.05, 0) is 49.9 Å². The summed E-state index contributed by atoms with van der Waals surface area (Å²) in [5.74, 6) is 0.123. The van der Waals surface area contributed by atoms with E-state index in [9.17, 15) is 4.79 Å². The number of fused-ring (bicyclic) bond motifs is 6. The third-order valence-electron chi connectivity index (χ3n) is 5.82. The molecule has 0 aliphatic heterocycles.